The van der Waals surface area contributed by atoms with Crippen LogP contribution in [0.2, 0.25) is 5.02 Å². The maximum atomic E-state index is 12.7. The van der Waals surface area contributed by atoms with Crippen LogP contribution in [-0.2, 0) is 22.6 Å². The number of halogens is 1. The average Bonchev–Trinajstić information content (AvgIpc) is 3.32. The van der Waals surface area contributed by atoms with E-state index >= 15 is 0 Å². The Morgan fingerprint density at radius 2 is 1.84 bits per heavy atom. The molecule has 0 bridgehead atoms. The molecule has 4 rings (SSSR count). The van der Waals surface area contributed by atoms with Crippen molar-refractivity contribution in [3.63, 3.8) is 0 Å². The van der Waals surface area contributed by atoms with E-state index < -0.39 is 0 Å². The molecule has 1 saturated carbocycles. The third-order valence-corrected chi connectivity index (χ3v) is 5.38. The quantitative estimate of drug-likeness (QED) is 0.916. The largest absolute Gasteiger partial charge is 0.352 e. The predicted octanol–water partition coefficient (Wildman–Crippen LogP) is 3.18. The Morgan fingerprint density at radius 1 is 1.08 bits per heavy atom. The molecule has 2 aromatic carbocycles. The van der Waals surface area contributed by atoms with Gasteiger partial charge in [-0.1, -0.05) is 48.0 Å². The summed E-state index contributed by atoms with van der Waals surface area (Å²) in [5, 5.41) is 3.54. The molecule has 4 nitrogen and oxygen atoms in total. The highest BCUT2D eigenvalue weighted by atomic mass is 35.5. The van der Waals surface area contributed by atoms with Crippen molar-refractivity contribution in [2.75, 3.05) is 11.4 Å². The molecule has 2 aromatic rings. The molecule has 1 heterocycles. The van der Waals surface area contributed by atoms with Crippen LogP contribution in [-0.4, -0.2) is 18.4 Å². The van der Waals surface area contributed by atoms with Gasteiger partial charge in [0, 0.05) is 23.8 Å². The standard InChI is InChI=1S/C20H19ClN2O2/c21-17-7-3-1-6-14(17)12-22-19(24)15-11-16(15)20(25)23-10-9-13-5-2-4-8-18(13)23/h1-8,15-16H,9-12H2,(H,22,24). The molecule has 25 heavy (non-hydrogen) atoms. The highest BCUT2D eigenvalue weighted by molar-refractivity contribution is 6.31. The first-order valence-electron chi connectivity index (χ1n) is 8.55. The average molecular weight is 355 g/mol. The van der Waals surface area contributed by atoms with Gasteiger partial charge in [0.25, 0.3) is 0 Å². The zero-order valence-corrected chi connectivity index (χ0v) is 14.5. The van der Waals surface area contributed by atoms with Crippen molar-refractivity contribution in [2.24, 2.45) is 11.8 Å². The molecule has 5 heteroatoms. The predicted molar refractivity (Wildman–Crippen MR) is 97.4 cm³/mol. The minimum atomic E-state index is -0.220. The number of amides is 2. The first-order chi connectivity index (χ1) is 12.1. The Balaban J connectivity index is 1.35. The van der Waals surface area contributed by atoms with Gasteiger partial charge in [0.1, 0.15) is 0 Å². The van der Waals surface area contributed by atoms with Crippen LogP contribution in [0.25, 0.3) is 0 Å². The highest BCUT2D eigenvalue weighted by Crippen LogP contribution is 2.42. The van der Waals surface area contributed by atoms with E-state index in [0.717, 1.165) is 17.7 Å². The zero-order valence-electron chi connectivity index (χ0n) is 13.7. The molecule has 0 spiro atoms. The van der Waals surface area contributed by atoms with Crippen LogP contribution in [0.5, 0.6) is 0 Å². The first-order valence-corrected chi connectivity index (χ1v) is 8.93. The summed E-state index contributed by atoms with van der Waals surface area (Å²) in [6, 6.07) is 15.4. The van der Waals surface area contributed by atoms with Gasteiger partial charge < -0.3 is 10.2 Å². The number of nitrogens with zero attached hydrogens (tertiary/aromatic N) is 1. The SMILES string of the molecule is O=C(NCc1ccccc1Cl)C1CC1C(=O)N1CCc2ccccc21. The van der Waals surface area contributed by atoms with Gasteiger partial charge in [0.05, 0.1) is 11.8 Å². The first kappa shape index (κ1) is 16.2. The molecule has 128 valence electrons. The number of carbonyl (C=O) groups excluding carboxylic acids is 2. The number of anilines is 1. The monoisotopic (exact) mass is 354 g/mol. The second kappa shape index (κ2) is 6.52. The lowest BCUT2D eigenvalue weighted by Gasteiger charge is -2.17. The van der Waals surface area contributed by atoms with Crippen molar-refractivity contribution >= 4 is 29.1 Å². The molecule has 2 unspecified atom stereocenters. The second-order valence-electron chi connectivity index (χ2n) is 6.63. The maximum Gasteiger partial charge on any atom is 0.230 e. The summed E-state index contributed by atoms with van der Waals surface area (Å²) in [6.45, 7) is 1.10. The van der Waals surface area contributed by atoms with Crippen molar-refractivity contribution in [3.05, 3.63) is 64.7 Å². The number of nitrogens with one attached hydrogen (secondary N) is 1. The summed E-state index contributed by atoms with van der Waals surface area (Å²) < 4.78 is 0. The van der Waals surface area contributed by atoms with Crippen LogP contribution in [0, 0.1) is 11.8 Å². The molecular weight excluding hydrogens is 336 g/mol. The van der Waals surface area contributed by atoms with Crippen molar-refractivity contribution in [1.29, 1.82) is 0 Å². The molecule has 0 aromatic heterocycles. The number of hydrogen-bond donors (Lipinski definition) is 1. The van der Waals surface area contributed by atoms with Gasteiger partial charge in [-0.2, -0.15) is 0 Å². The van der Waals surface area contributed by atoms with Crippen LogP contribution in [0.4, 0.5) is 5.69 Å². The Bertz CT molecular complexity index is 836. The van der Waals surface area contributed by atoms with E-state index in [2.05, 4.69) is 11.4 Å². The fourth-order valence-electron chi connectivity index (χ4n) is 3.48. The van der Waals surface area contributed by atoms with Gasteiger partial charge in [-0.3, -0.25) is 9.59 Å². The Hall–Kier alpha value is -2.33. The Kier molecular flexibility index (Phi) is 4.22. The maximum absolute atomic E-state index is 12.7. The van der Waals surface area contributed by atoms with Crippen molar-refractivity contribution in [3.8, 4) is 0 Å². The van der Waals surface area contributed by atoms with Gasteiger partial charge in [-0.15, -0.1) is 0 Å². The zero-order chi connectivity index (χ0) is 17.4. The Labute approximate surface area is 151 Å². The second-order valence-corrected chi connectivity index (χ2v) is 7.03. The van der Waals surface area contributed by atoms with Crippen molar-refractivity contribution < 1.29 is 9.59 Å². The number of rotatable bonds is 4. The molecule has 2 atom stereocenters. The number of para-hydroxylation sites is 1. The molecule has 1 N–H and O–H groups in total. The smallest absolute Gasteiger partial charge is 0.230 e. The topological polar surface area (TPSA) is 49.4 Å². The number of carbonyl (C=O) groups is 2. The fraction of sp³-hybridized carbons (Fsp3) is 0.300. The van der Waals surface area contributed by atoms with Crippen molar-refractivity contribution in [2.45, 2.75) is 19.4 Å². The summed E-state index contributed by atoms with van der Waals surface area (Å²) in [5.74, 6) is -0.409. The highest BCUT2D eigenvalue weighted by Gasteiger charge is 2.50. The third kappa shape index (κ3) is 3.14. The minimum Gasteiger partial charge on any atom is -0.352 e. The van der Waals surface area contributed by atoms with E-state index in [4.69, 9.17) is 11.6 Å². The van der Waals surface area contributed by atoms with Gasteiger partial charge in [-0.25, -0.2) is 0 Å². The van der Waals surface area contributed by atoms with E-state index in [0.29, 0.717) is 24.5 Å². The molecule has 2 amide bonds. The van der Waals surface area contributed by atoms with Gasteiger partial charge in [0.15, 0.2) is 0 Å². The van der Waals surface area contributed by atoms with Crippen LogP contribution < -0.4 is 10.2 Å². The van der Waals surface area contributed by atoms with E-state index in [1.165, 1.54) is 5.56 Å². The number of hydrogen-bond acceptors (Lipinski definition) is 2. The fourth-order valence-corrected chi connectivity index (χ4v) is 3.68. The minimum absolute atomic E-state index is 0.0641. The van der Waals surface area contributed by atoms with Crippen LogP contribution in [0.1, 0.15) is 17.5 Å². The number of benzene rings is 2. The molecule has 1 aliphatic carbocycles. The van der Waals surface area contributed by atoms with Crippen LogP contribution in [0.15, 0.2) is 48.5 Å². The lowest BCUT2D eigenvalue weighted by molar-refractivity contribution is -0.126. The molecule has 1 aliphatic heterocycles. The molecule has 0 radical (unpaired) electrons. The summed E-state index contributed by atoms with van der Waals surface area (Å²) >= 11 is 6.10. The molecular formula is C20H19ClN2O2. The van der Waals surface area contributed by atoms with Gasteiger partial charge in [-0.05, 0) is 36.1 Å². The van der Waals surface area contributed by atoms with Crippen LogP contribution >= 0.6 is 11.6 Å². The summed E-state index contributed by atoms with van der Waals surface area (Å²) in [4.78, 5) is 26.9. The van der Waals surface area contributed by atoms with E-state index in [-0.39, 0.29) is 23.7 Å². The molecule has 1 fully saturated rings. The Morgan fingerprint density at radius 3 is 2.68 bits per heavy atom. The molecule has 2 aliphatic rings. The van der Waals surface area contributed by atoms with Gasteiger partial charge in [0.2, 0.25) is 11.8 Å². The van der Waals surface area contributed by atoms with Crippen LogP contribution in [0.3, 0.4) is 0 Å². The molecule has 0 saturated heterocycles. The third-order valence-electron chi connectivity index (χ3n) is 5.01. The summed E-state index contributed by atoms with van der Waals surface area (Å²) in [6.07, 6.45) is 1.52. The lowest BCUT2D eigenvalue weighted by atomic mass is 10.2. The van der Waals surface area contributed by atoms with E-state index in [1.54, 1.807) is 6.07 Å². The summed E-state index contributed by atoms with van der Waals surface area (Å²) in [5.41, 5.74) is 3.08. The van der Waals surface area contributed by atoms with E-state index in [1.807, 2.05) is 41.3 Å². The van der Waals surface area contributed by atoms with Crippen molar-refractivity contribution in [1.82, 2.24) is 5.32 Å². The van der Waals surface area contributed by atoms with E-state index in [9.17, 15) is 9.59 Å². The normalized spacial score (nSPS) is 20.9. The summed E-state index contributed by atoms with van der Waals surface area (Å²) in [7, 11) is 0. The number of fused-ring (bicyclic) bond motifs is 1. The van der Waals surface area contributed by atoms with Gasteiger partial charge >= 0.3 is 0 Å². The lowest BCUT2D eigenvalue weighted by Crippen LogP contribution is -2.33.